The minimum absolute atomic E-state index is 0.0139. The van der Waals surface area contributed by atoms with E-state index in [1.54, 1.807) is 7.05 Å². The number of hydrogen-bond donors (Lipinski definition) is 0. The molecule has 0 aliphatic heterocycles. The molecule has 5 nitrogen and oxygen atoms in total. The van der Waals surface area contributed by atoms with Crippen LogP contribution in [0.3, 0.4) is 0 Å². The fourth-order valence-corrected chi connectivity index (χ4v) is 1.13. The van der Waals surface area contributed by atoms with E-state index in [9.17, 15) is 8.76 Å². The van der Waals surface area contributed by atoms with Gasteiger partial charge in [-0.25, -0.2) is 9.19 Å². The van der Waals surface area contributed by atoms with Gasteiger partial charge in [-0.2, -0.15) is 0 Å². The molecule has 62 valence electrons. The highest BCUT2D eigenvalue weighted by Crippen LogP contribution is 2.21. The third-order valence-electron chi connectivity index (χ3n) is 0.988. The lowest BCUT2D eigenvalue weighted by Gasteiger charge is -2.06. The van der Waals surface area contributed by atoms with Crippen LogP contribution in [0.1, 0.15) is 0 Å². The highest BCUT2D eigenvalue weighted by molar-refractivity contribution is 7.74. The van der Waals surface area contributed by atoms with Crippen LogP contribution in [0.25, 0.3) is 0 Å². The largest absolute Gasteiger partial charge is 0.740 e. The average Bonchev–Trinajstić information content (AvgIpc) is 2.18. The lowest BCUT2D eigenvalue weighted by atomic mass is 10.8. The molecule has 0 saturated heterocycles. The lowest BCUT2D eigenvalue weighted by Crippen LogP contribution is -2.01. The van der Waals surface area contributed by atoms with Gasteiger partial charge in [0.05, 0.1) is 6.33 Å². The van der Waals surface area contributed by atoms with Crippen molar-refractivity contribution in [3.8, 4) is 5.88 Å². The van der Waals surface area contributed by atoms with Gasteiger partial charge in [-0.05, 0) is 0 Å². The van der Waals surface area contributed by atoms with Crippen molar-refractivity contribution in [1.82, 2.24) is 9.55 Å². The molecule has 0 N–H and O–H groups in total. The number of nitrogens with zero attached hydrogens (tertiary/aromatic N) is 2. The SMILES string of the molecule is Cn1cnc(Cl)c1OS(=O)[O-]. The van der Waals surface area contributed by atoms with Crippen molar-refractivity contribution in [3.05, 3.63) is 11.5 Å². The minimum Gasteiger partial charge on any atom is -0.740 e. The molecule has 11 heavy (non-hydrogen) atoms. The zero-order valence-corrected chi connectivity index (χ0v) is 7.06. The van der Waals surface area contributed by atoms with E-state index >= 15 is 0 Å². The first kappa shape index (κ1) is 8.51. The van der Waals surface area contributed by atoms with Crippen molar-refractivity contribution >= 4 is 23.0 Å². The second kappa shape index (κ2) is 3.21. The minimum atomic E-state index is -2.61. The van der Waals surface area contributed by atoms with Crippen LogP contribution >= 0.6 is 11.6 Å². The fourth-order valence-electron chi connectivity index (χ4n) is 0.548. The summed E-state index contributed by atoms with van der Waals surface area (Å²) in [5.74, 6) is 0.0139. The third kappa shape index (κ3) is 1.92. The highest BCUT2D eigenvalue weighted by atomic mass is 35.5. The van der Waals surface area contributed by atoms with Gasteiger partial charge in [0.1, 0.15) is 11.4 Å². The number of hydrogen-bond acceptors (Lipinski definition) is 4. The Balaban J connectivity index is 2.92. The van der Waals surface area contributed by atoms with Crippen LogP contribution in [-0.4, -0.2) is 18.3 Å². The number of aryl methyl sites for hydroxylation is 1. The van der Waals surface area contributed by atoms with E-state index in [-0.39, 0.29) is 11.0 Å². The Bertz CT molecular complexity index is 267. The molecule has 0 amide bonds. The van der Waals surface area contributed by atoms with Crippen LogP contribution < -0.4 is 4.18 Å². The quantitative estimate of drug-likeness (QED) is 0.635. The molecule has 0 radical (unpaired) electrons. The van der Waals surface area contributed by atoms with Gasteiger partial charge in [-0.3, -0.25) is 0 Å². The summed E-state index contributed by atoms with van der Waals surface area (Å²) in [6.07, 6.45) is 1.35. The molecule has 1 unspecified atom stereocenters. The Kier molecular flexibility index (Phi) is 2.48. The van der Waals surface area contributed by atoms with Crippen molar-refractivity contribution in [2.75, 3.05) is 0 Å². The average molecular weight is 196 g/mol. The van der Waals surface area contributed by atoms with Crippen LogP contribution in [0.15, 0.2) is 6.33 Å². The maximum atomic E-state index is 10.0. The van der Waals surface area contributed by atoms with Gasteiger partial charge in [0, 0.05) is 7.05 Å². The standard InChI is InChI=1S/C4H5ClN2O3S/c1-7-2-6-3(5)4(7)10-11(8)9/h2H,1H3,(H,8,9)/p-1. The van der Waals surface area contributed by atoms with E-state index in [4.69, 9.17) is 11.6 Å². The molecular formula is C4H4ClN2O3S-. The molecule has 0 fully saturated rings. The van der Waals surface area contributed by atoms with Crippen LogP contribution in [0.5, 0.6) is 5.88 Å². The van der Waals surface area contributed by atoms with Crippen LogP contribution in [0, 0.1) is 0 Å². The van der Waals surface area contributed by atoms with Crippen molar-refractivity contribution in [2.24, 2.45) is 7.05 Å². The maximum Gasteiger partial charge on any atom is 0.249 e. The molecule has 1 aromatic rings. The van der Waals surface area contributed by atoms with Gasteiger partial charge in [0.25, 0.3) is 0 Å². The maximum absolute atomic E-state index is 10.0. The molecule has 0 aliphatic rings. The molecule has 0 saturated carbocycles. The van der Waals surface area contributed by atoms with Gasteiger partial charge in [-0.15, -0.1) is 0 Å². The number of rotatable bonds is 2. The predicted octanol–water partition coefficient (Wildman–Crippen LogP) is 0.246. The van der Waals surface area contributed by atoms with Crippen LogP contribution in [0.4, 0.5) is 0 Å². The van der Waals surface area contributed by atoms with Crippen molar-refractivity contribution in [1.29, 1.82) is 0 Å². The molecular weight excluding hydrogens is 192 g/mol. The first-order valence-corrected chi connectivity index (χ1v) is 3.93. The summed E-state index contributed by atoms with van der Waals surface area (Å²) < 4.78 is 25.8. The Morgan fingerprint density at radius 3 is 2.91 bits per heavy atom. The first-order valence-electron chi connectivity index (χ1n) is 2.55. The fraction of sp³-hybridized carbons (Fsp3) is 0.250. The number of halogens is 1. The Morgan fingerprint density at radius 1 is 1.91 bits per heavy atom. The second-order valence-electron chi connectivity index (χ2n) is 1.74. The van der Waals surface area contributed by atoms with E-state index in [2.05, 4.69) is 9.17 Å². The molecule has 0 bridgehead atoms. The van der Waals surface area contributed by atoms with Crippen LogP contribution in [-0.2, 0) is 18.4 Å². The number of aromatic nitrogens is 2. The van der Waals surface area contributed by atoms with E-state index in [0.717, 1.165) is 0 Å². The Labute approximate surface area is 70.4 Å². The molecule has 0 aromatic carbocycles. The van der Waals surface area contributed by atoms with Crippen LogP contribution in [0.2, 0.25) is 5.15 Å². The smallest absolute Gasteiger partial charge is 0.249 e. The predicted molar refractivity (Wildman–Crippen MR) is 37.8 cm³/mol. The van der Waals surface area contributed by atoms with Gasteiger partial charge in [-0.1, -0.05) is 11.6 Å². The number of imidazole rings is 1. The Hall–Kier alpha value is -0.590. The zero-order chi connectivity index (χ0) is 8.43. The van der Waals surface area contributed by atoms with Crippen molar-refractivity contribution in [3.63, 3.8) is 0 Å². The summed E-state index contributed by atoms with van der Waals surface area (Å²) in [6.45, 7) is 0. The molecule has 1 aromatic heterocycles. The summed E-state index contributed by atoms with van der Waals surface area (Å²) in [7, 11) is 1.57. The zero-order valence-electron chi connectivity index (χ0n) is 5.48. The Morgan fingerprint density at radius 2 is 2.55 bits per heavy atom. The summed E-state index contributed by atoms with van der Waals surface area (Å²) in [5.41, 5.74) is 0. The van der Waals surface area contributed by atoms with E-state index in [0.29, 0.717) is 0 Å². The first-order chi connectivity index (χ1) is 5.11. The van der Waals surface area contributed by atoms with E-state index in [1.165, 1.54) is 10.9 Å². The van der Waals surface area contributed by atoms with E-state index in [1.807, 2.05) is 0 Å². The third-order valence-corrected chi connectivity index (χ3v) is 1.54. The normalized spacial score (nSPS) is 13.0. The second-order valence-corrected chi connectivity index (χ2v) is 2.67. The molecule has 7 heteroatoms. The molecule has 0 aliphatic carbocycles. The topological polar surface area (TPSA) is 67.2 Å². The van der Waals surface area contributed by atoms with Gasteiger partial charge >= 0.3 is 0 Å². The van der Waals surface area contributed by atoms with Crippen molar-refractivity contribution in [2.45, 2.75) is 0 Å². The monoisotopic (exact) mass is 195 g/mol. The van der Waals surface area contributed by atoms with Gasteiger partial charge in [0.2, 0.25) is 5.88 Å². The van der Waals surface area contributed by atoms with Gasteiger partial charge < -0.3 is 13.3 Å². The van der Waals surface area contributed by atoms with Gasteiger partial charge in [0.15, 0.2) is 5.15 Å². The lowest BCUT2D eigenvalue weighted by molar-refractivity contribution is 0.425. The summed E-state index contributed by atoms with van der Waals surface area (Å²) in [4.78, 5) is 3.60. The summed E-state index contributed by atoms with van der Waals surface area (Å²) >= 11 is 2.85. The molecule has 1 atom stereocenters. The molecule has 1 rings (SSSR count). The molecule has 0 spiro atoms. The van der Waals surface area contributed by atoms with Crippen molar-refractivity contribution < 1.29 is 12.9 Å². The molecule has 1 heterocycles. The summed E-state index contributed by atoms with van der Waals surface area (Å²) in [6, 6.07) is 0. The van der Waals surface area contributed by atoms with E-state index < -0.39 is 11.4 Å². The highest BCUT2D eigenvalue weighted by Gasteiger charge is 2.07. The summed E-state index contributed by atoms with van der Waals surface area (Å²) in [5, 5.41) is 0.0247.